The maximum atomic E-state index is 12.1. The number of fused-ring (bicyclic) bond motifs is 1. The lowest BCUT2D eigenvalue weighted by Gasteiger charge is -2.29. The Bertz CT molecular complexity index is 548. The fourth-order valence-corrected chi connectivity index (χ4v) is 2.89. The number of rotatable bonds is 2. The summed E-state index contributed by atoms with van der Waals surface area (Å²) in [6.45, 7) is 8.47. The molecule has 21 heavy (non-hydrogen) atoms. The molecule has 1 aromatic rings. The van der Waals surface area contributed by atoms with Gasteiger partial charge in [-0.05, 0) is 39.2 Å². The van der Waals surface area contributed by atoms with Crippen molar-refractivity contribution < 1.29 is 19.1 Å². The van der Waals surface area contributed by atoms with Crippen molar-refractivity contribution in [1.82, 2.24) is 9.27 Å². The Labute approximate surface area is 128 Å². The topological polar surface area (TPSA) is 68.7 Å². The minimum absolute atomic E-state index is 0.306. The minimum atomic E-state index is -0.534. The zero-order valence-electron chi connectivity index (χ0n) is 12.8. The molecule has 7 heteroatoms. The molecule has 0 fully saturated rings. The molecule has 2 heterocycles. The van der Waals surface area contributed by atoms with Crippen LogP contribution < -0.4 is 0 Å². The van der Waals surface area contributed by atoms with Crippen molar-refractivity contribution in [3.05, 3.63) is 16.1 Å². The number of ether oxygens (including phenoxy) is 2. The number of esters is 1. The first kappa shape index (κ1) is 15.8. The second kappa shape index (κ2) is 6.01. The summed E-state index contributed by atoms with van der Waals surface area (Å²) >= 11 is 1.30. The van der Waals surface area contributed by atoms with Crippen LogP contribution in [-0.2, 0) is 22.4 Å². The van der Waals surface area contributed by atoms with E-state index < -0.39 is 11.6 Å². The number of carbonyl (C=O) groups is 2. The van der Waals surface area contributed by atoms with Gasteiger partial charge in [-0.25, -0.2) is 9.59 Å². The van der Waals surface area contributed by atoms with Gasteiger partial charge in [-0.2, -0.15) is 4.37 Å². The van der Waals surface area contributed by atoms with E-state index in [4.69, 9.17) is 9.47 Å². The van der Waals surface area contributed by atoms with Gasteiger partial charge in [-0.3, -0.25) is 0 Å². The van der Waals surface area contributed by atoms with E-state index in [0.717, 1.165) is 10.4 Å². The molecular weight excluding hydrogens is 292 g/mol. The lowest BCUT2D eigenvalue weighted by atomic mass is 10.1. The summed E-state index contributed by atoms with van der Waals surface area (Å²) in [7, 11) is 0. The third-order valence-electron chi connectivity index (χ3n) is 2.95. The monoisotopic (exact) mass is 312 g/mol. The van der Waals surface area contributed by atoms with E-state index in [2.05, 4.69) is 4.37 Å². The summed E-state index contributed by atoms with van der Waals surface area (Å²) < 4.78 is 14.5. The highest BCUT2D eigenvalue weighted by Gasteiger charge is 2.30. The van der Waals surface area contributed by atoms with Crippen molar-refractivity contribution in [3.8, 4) is 0 Å². The van der Waals surface area contributed by atoms with Crippen LogP contribution in [0.4, 0.5) is 4.79 Å². The highest BCUT2D eigenvalue weighted by Crippen LogP contribution is 2.27. The molecule has 6 nitrogen and oxygen atoms in total. The first-order chi connectivity index (χ1) is 9.81. The standard InChI is InChI=1S/C14H20N2O4S/c1-5-19-12(17)11-9-8-16(7-6-10(9)21-15-11)13(18)20-14(2,3)4/h5-8H2,1-4H3. The van der Waals surface area contributed by atoms with Crippen molar-refractivity contribution >= 4 is 23.6 Å². The summed E-state index contributed by atoms with van der Waals surface area (Å²) in [6, 6.07) is 0. The van der Waals surface area contributed by atoms with Crippen LogP contribution in [0.5, 0.6) is 0 Å². The molecule has 0 bridgehead atoms. The van der Waals surface area contributed by atoms with Crippen LogP contribution >= 0.6 is 11.5 Å². The number of aromatic nitrogens is 1. The molecule has 1 aromatic heterocycles. The Balaban J connectivity index is 2.14. The van der Waals surface area contributed by atoms with Crippen molar-refractivity contribution in [1.29, 1.82) is 0 Å². The van der Waals surface area contributed by atoms with Gasteiger partial charge in [-0.1, -0.05) is 0 Å². The smallest absolute Gasteiger partial charge is 0.410 e. The third-order valence-corrected chi connectivity index (χ3v) is 3.89. The molecular formula is C14H20N2O4S. The summed E-state index contributed by atoms with van der Waals surface area (Å²) in [6.07, 6.45) is 0.320. The molecule has 0 atom stereocenters. The van der Waals surface area contributed by atoms with E-state index in [1.165, 1.54) is 11.5 Å². The molecule has 0 N–H and O–H groups in total. The Kier molecular flexibility index (Phi) is 4.51. The summed E-state index contributed by atoms with van der Waals surface area (Å²) in [5, 5.41) is 0. The van der Waals surface area contributed by atoms with Gasteiger partial charge >= 0.3 is 12.1 Å². The molecule has 0 spiro atoms. The predicted octanol–water partition coefficient (Wildman–Crippen LogP) is 2.61. The highest BCUT2D eigenvalue weighted by molar-refractivity contribution is 7.06. The van der Waals surface area contributed by atoms with E-state index >= 15 is 0 Å². The Morgan fingerprint density at radius 2 is 2.10 bits per heavy atom. The van der Waals surface area contributed by atoms with Crippen molar-refractivity contribution in [2.45, 2.75) is 46.3 Å². The molecule has 1 aliphatic rings. The second-order valence-electron chi connectivity index (χ2n) is 5.81. The van der Waals surface area contributed by atoms with Gasteiger partial charge in [0.15, 0.2) is 5.69 Å². The Morgan fingerprint density at radius 1 is 1.38 bits per heavy atom. The molecule has 0 saturated carbocycles. The second-order valence-corrected chi connectivity index (χ2v) is 6.66. The van der Waals surface area contributed by atoms with E-state index in [0.29, 0.717) is 31.8 Å². The van der Waals surface area contributed by atoms with Crippen LogP contribution in [0.25, 0.3) is 0 Å². The normalized spacial score (nSPS) is 14.6. The van der Waals surface area contributed by atoms with Gasteiger partial charge in [0.25, 0.3) is 0 Å². The summed E-state index contributed by atoms with van der Waals surface area (Å²) in [5.74, 6) is -0.430. The minimum Gasteiger partial charge on any atom is -0.461 e. The number of carbonyl (C=O) groups excluding carboxylic acids is 2. The fourth-order valence-electron chi connectivity index (χ4n) is 2.05. The van der Waals surface area contributed by atoms with Gasteiger partial charge < -0.3 is 14.4 Å². The van der Waals surface area contributed by atoms with Crippen LogP contribution in [0.2, 0.25) is 0 Å². The number of hydrogen-bond acceptors (Lipinski definition) is 6. The largest absolute Gasteiger partial charge is 0.461 e. The molecule has 0 radical (unpaired) electrons. The van der Waals surface area contributed by atoms with Crippen molar-refractivity contribution in [2.24, 2.45) is 0 Å². The summed E-state index contributed by atoms with van der Waals surface area (Å²) in [5.41, 5.74) is 0.578. The maximum absolute atomic E-state index is 12.1. The number of amides is 1. The van der Waals surface area contributed by atoms with E-state index in [9.17, 15) is 9.59 Å². The number of hydrogen-bond donors (Lipinski definition) is 0. The third kappa shape index (κ3) is 3.72. The van der Waals surface area contributed by atoms with Crippen molar-refractivity contribution in [3.63, 3.8) is 0 Å². The molecule has 0 aliphatic carbocycles. The zero-order valence-corrected chi connectivity index (χ0v) is 13.6. The SMILES string of the molecule is CCOC(=O)c1nsc2c1CN(C(=O)OC(C)(C)C)CC2. The predicted molar refractivity (Wildman–Crippen MR) is 78.4 cm³/mol. The van der Waals surface area contributed by atoms with E-state index in [1.807, 2.05) is 20.8 Å². The summed E-state index contributed by atoms with van der Waals surface area (Å²) in [4.78, 5) is 26.6. The molecule has 0 saturated heterocycles. The van der Waals surface area contributed by atoms with Crippen LogP contribution in [0.15, 0.2) is 0 Å². The van der Waals surface area contributed by atoms with Gasteiger partial charge in [-0.15, -0.1) is 0 Å². The van der Waals surface area contributed by atoms with Crippen LogP contribution in [0.3, 0.4) is 0 Å². The molecule has 0 aromatic carbocycles. The average Bonchev–Trinajstić information content (AvgIpc) is 2.79. The van der Waals surface area contributed by atoms with Crippen molar-refractivity contribution in [2.75, 3.05) is 13.2 Å². The van der Waals surface area contributed by atoms with Gasteiger partial charge in [0, 0.05) is 23.4 Å². The van der Waals surface area contributed by atoms with Crippen LogP contribution in [0, 0.1) is 0 Å². The van der Waals surface area contributed by atoms with E-state index in [1.54, 1.807) is 11.8 Å². The quantitative estimate of drug-likeness (QED) is 0.785. The average molecular weight is 312 g/mol. The molecule has 116 valence electrons. The molecule has 2 rings (SSSR count). The number of nitrogens with zero attached hydrogens (tertiary/aromatic N) is 2. The Hall–Kier alpha value is -1.63. The lowest BCUT2D eigenvalue weighted by molar-refractivity contribution is 0.0221. The Morgan fingerprint density at radius 3 is 2.71 bits per heavy atom. The zero-order chi connectivity index (χ0) is 15.6. The molecule has 0 unspecified atom stereocenters. The van der Waals surface area contributed by atoms with Crippen LogP contribution in [-0.4, -0.2) is 40.1 Å². The fraction of sp³-hybridized carbons (Fsp3) is 0.643. The van der Waals surface area contributed by atoms with Gasteiger partial charge in [0.2, 0.25) is 0 Å². The molecule has 1 aliphatic heterocycles. The molecule has 1 amide bonds. The maximum Gasteiger partial charge on any atom is 0.410 e. The van der Waals surface area contributed by atoms with Gasteiger partial charge in [0.1, 0.15) is 5.60 Å². The first-order valence-electron chi connectivity index (χ1n) is 6.94. The highest BCUT2D eigenvalue weighted by atomic mass is 32.1. The van der Waals surface area contributed by atoms with E-state index in [-0.39, 0.29) is 6.09 Å². The van der Waals surface area contributed by atoms with Crippen LogP contribution in [0.1, 0.15) is 48.6 Å². The van der Waals surface area contributed by atoms with Gasteiger partial charge in [0.05, 0.1) is 13.2 Å². The first-order valence-corrected chi connectivity index (χ1v) is 7.71. The lowest BCUT2D eigenvalue weighted by Crippen LogP contribution is -2.39.